The molecule has 0 aliphatic rings. The highest BCUT2D eigenvalue weighted by molar-refractivity contribution is 5.22. The van der Waals surface area contributed by atoms with Gasteiger partial charge in [-0.05, 0) is 58.7 Å². The van der Waals surface area contributed by atoms with E-state index in [-0.39, 0.29) is 17.7 Å². The Labute approximate surface area is 102 Å². The van der Waals surface area contributed by atoms with E-state index in [0.29, 0.717) is 5.56 Å². The van der Waals surface area contributed by atoms with Crippen LogP contribution in [-0.2, 0) is 0 Å². The van der Waals surface area contributed by atoms with Crippen LogP contribution in [-0.4, -0.2) is 32.6 Å². The van der Waals surface area contributed by atoms with E-state index in [4.69, 9.17) is 0 Å². The first-order valence-corrected chi connectivity index (χ1v) is 5.82. The molecule has 0 bridgehead atoms. The zero-order valence-electron chi connectivity index (χ0n) is 10.6. The van der Waals surface area contributed by atoms with Gasteiger partial charge in [0.25, 0.3) is 0 Å². The third-order valence-electron chi connectivity index (χ3n) is 2.84. The molecule has 1 N–H and O–H groups in total. The molecule has 0 amide bonds. The van der Waals surface area contributed by atoms with Gasteiger partial charge in [-0.25, -0.2) is 8.78 Å². The predicted molar refractivity (Wildman–Crippen MR) is 65.9 cm³/mol. The van der Waals surface area contributed by atoms with Crippen LogP contribution in [0.25, 0.3) is 0 Å². The van der Waals surface area contributed by atoms with Crippen molar-refractivity contribution < 1.29 is 8.78 Å². The molecule has 0 aliphatic carbocycles. The molecule has 1 rings (SSSR count). The first-order chi connectivity index (χ1) is 8.06. The van der Waals surface area contributed by atoms with E-state index in [1.165, 1.54) is 12.1 Å². The zero-order valence-corrected chi connectivity index (χ0v) is 10.6. The van der Waals surface area contributed by atoms with Crippen LogP contribution in [0.15, 0.2) is 18.2 Å². The quantitative estimate of drug-likeness (QED) is 0.771. The third-order valence-corrected chi connectivity index (χ3v) is 2.84. The Balaban J connectivity index is 2.85. The Kier molecular flexibility index (Phi) is 5.51. The van der Waals surface area contributed by atoms with E-state index in [1.54, 1.807) is 0 Å². The van der Waals surface area contributed by atoms with E-state index in [1.807, 2.05) is 26.0 Å². The minimum absolute atomic E-state index is 0.0842. The summed E-state index contributed by atoms with van der Waals surface area (Å²) in [6, 6.07) is 3.55. The van der Waals surface area contributed by atoms with Crippen LogP contribution in [0.5, 0.6) is 0 Å². The lowest BCUT2D eigenvalue weighted by Gasteiger charge is -2.25. The molecule has 4 heteroatoms. The smallest absolute Gasteiger partial charge is 0.128 e. The lowest BCUT2D eigenvalue weighted by atomic mass is 10.00. The molecule has 96 valence electrons. The van der Waals surface area contributed by atoms with Crippen LogP contribution in [0.4, 0.5) is 8.78 Å². The van der Waals surface area contributed by atoms with Crippen LogP contribution in [0.2, 0.25) is 0 Å². The van der Waals surface area contributed by atoms with Gasteiger partial charge in [-0.1, -0.05) is 0 Å². The fraction of sp³-hybridized carbons (Fsp3) is 0.538. The fourth-order valence-electron chi connectivity index (χ4n) is 1.93. The van der Waals surface area contributed by atoms with E-state index < -0.39 is 0 Å². The van der Waals surface area contributed by atoms with E-state index >= 15 is 0 Å². The van der Waals surface area contributed by atoms with Crippen molar-refractivity contribution in [3.05, 3.63) is 35.4 Å². The number of hydrogen-bond acceptors (Lipinski definition) is 2. The van der Waals surface area contributed by atoms with Crippen molar-refractivity contribution in [2.75, 3.05) is 27.7 Å². The summed E-state index contributed by atoms with van der Waals surface area (Å²) >= 11 is 0. The highest BCUT2D eigenvalue weighted by Gasteiger charge is 2.18. The molecule has 0 fully saturated rings. The minimum atomic E-state index is -0.387. The summed E-state index contributed by atoms with van der Waals surface area (Å²) in [4.78, 5) is 1.92. The topological polar surface area (TPSA) is 15.3 Å². The van der Waals surface area contributed by atoms with Crippen LogP contribution in [0.3, 0.4) is 0 Å². The molecule has 0 heterocycles. The largest absolute Gasteiger partial charge is 0.320 e. The maximum absolute atomic E-state index is 13.7. The standard InChI is InChI=1S/C13H20F2N2/c1-16-8-4-5-13(17(2)3)11-9-10(14)6-7-12(11)15/h6-7,9,13,16H,4-5,8H2,1-3H3. The first-order valence-electron chi connectivity index (χ1n) is 5.82. The van der Waals surface area contributed by atoms with Crippen molar-refractivity contribution in [1.82, 2.24) is 10.2 Å². The molecule has 1 atom stereocenters. The maximum Gasteiger partial charge on any atom is 0.128 e. The Morgan fingerprint density at radius 3 is 2.59 bits per heavy atom. The molecular formula is C13H20F2N2. The van der Waals surface area contributed by atoms with Gasteiger partial charge in [-0.3, -0.25) is 0 Å². The van der Waals surface area contributed by atoms with Crippen molar-refractivity contribution in [3.63, 3.8) is 0 Å². The molecule has 1 unspecified atom stereocenters. The summed E-state index contributed by atoms with van der Waals surface area (Å²) in [5.74, 6) is -0.726. The van der Waals surface area contributed by atoms with Gasteiger partial charge in [0, 0.05) is 11.6 Å². The molecule has 0 radical (unpaired) electrons. The van der Waals surface area contributed by atoms with Crippen molar-refractivity contribution in [2.24, 2.45) is 0 Å². The molecule has 0 saturated heterocycles. The van der Waals surface area contributed by atoms with Gasteiger partial charge in [-0.2, -0.15) is 0 Å². The molecule has 0 aliphatic heterocycles. The molecule has 2 nitrogen and oxygen atoms in total. The van der Waals surface area contributed by atoms with Gasteiger partial charge in [0.1, 0.15) is 11.6 Å². The van der Waals surface area contributed by atoms with Crippen molar-refractivity contribution in [3.8, 4) is 0 Å². The zero-order chi connectivity index (χ0) is 12.8. The van der Waals surface area contributed by atoms with E-state index in [0.717, 1.165) is 25.5 Å². The lowest BCUT2D eigenvalue weighted by molar-refractivity contribution is 0.271. The number of benzene rings is 1. The number of nitrogens with one attached hydrogen (secondary N) is 1. The Bertz CT molecular complexity index is 353. The summed E-state index contributed by atoms with van der Waals surface area (Å²) in [5, 5.41) is 3.05. The highest BCUT2D eigenvalue weighted by atomic mass is 19.1. The summed E-state index contributed by atoms with van der Waals surface area (Å²) in [7, 11) is 5.65. The Morgan fingerprint density at radius 2 is 2.00 bits per heavy atom. The third kappa shape index (κ3) is 4.06. The van der Waals surface area contributed by atoms with Gasteiger partial charge >= 0.3 is 0 Å². The number of nitrogens with zero attached hydrogens (tertiary/aromatic N) is 1. The fourth-order valence-corrected chi connectivity index (χ4v) is 1.93. The van der Waals surface area contributed by atoms with Crippen LogP contribution < -0.4 is 5.32 Å². The molecule has 1 aromatic carbocycles. The second-order valence-electron chi connectivity index (χ2n) is 4.39. The SMILES string of the molecule is CNCCCC(c1cc(F)ccc1F)N(C)C. The van der Waals surface area contributed by atoms with Gasteiger partial charge in [0.05, 0.1) is 0 Å². The summed E-state index contributed by atoms with van der Waals surface area (Å²) in [6.07, 6.45) is 1.73. The number of rotatable bonds is 6. The summed E-state index contributed by atoms with van der Waals surface area (Å²) in [6.45, 7) is 0.876. The number of hydrogen-bond donors (Lipinski definition) is 1. The minimum Gasteiger partial charge on any atom is -0.320 e. The van der Waals surface area contributed by atoms with Crippen LogP contribution in [0.1, 0.15) is 24.4 Å². The second kappa shape index (κ2) is 6.67. The van der Waals surface area contributed by atoms with Crippen molar-refractivity contribution >= 4 is 0 Å². The molecule has 17 heavy (non-hydrogen) atoms. The van der Waals surface area contributed by atoms with Crippen molar-refractivity contribution in [1.29, 1.82) is 0 Å². The van der Waals surface area contributed by atoms with E-state index in [9.17, 15) is 8.78 Å². The average Bonchev–Trinajstić information content (AvgIpc) is 2.28. The predicted octanol–water partition coefficient (Wildman–Crippen LogP) is 2.57. The first kappa shape index (κ1) is 14.1. The second-order valence-corrected chi connectivity index (χ2v) is 4.39. The van der Waals surface area contributed by atoms with Gasteiger partial charge in [-0.15, -0.1) is 0 Å². The summed E-state index contributed by atoms with van der Waals surface area (Å²) < 4.78 is 26.8. The normalized spacial score (nSPS) is 13.1. The highest BCUT2D eigenvalue weighted by Crippen LogP contribution is 2.26. The van der Waals surface area contributed by atoms with Gasteiger partial charge in [0.15, 0.2) is 0 Å². The van der Waals surface area contributed by atoms with Gasteiger partial charge < -0.3 is 10.2 Å². The van der Waals surface area contributed by atoms with Crippen LogP contribution in [0, 0.1) is 11.6 Å². The monoisotopic (exact) mass is 242 g/mol. The Morgan fingerprint density at radius 1 is 1.29 bits per heavy atom. The summed E-state index contributed by atoms with van der Waals surface area (Å²) in [5.41, 5.74) is 0.436. The molecular weight excluding hydrogens is 222 g/mol. The molecule has 0 saturated carbocycles. The van der Waals surface area contributed by atoms with Crippen molar-refractivity contribution in [2.45, 2.75) is 18.9 Å². The number of halogens is 2. The lowest BCUT2D eigenvalue weighted by Crippen LogP contribution is -2.22. The van der Waals surface area contributed by atoms with Gasteiger partial charge in [0.2, 0.25) is 0 Å². The molecule has 1 aromatic rings. The molecule has 0 spiro atoms. The molecule has 0 aromatic heterocycles. The van der Waals surface area contributed by atoms with E-state index in [2.05, 4.69) is 5.32 Å². The maximum atomic E-state index is 13.7. The average molecular weight is 242 g/mol. The Hall–Kier alpha value is -1.00. The van der Waals surface area contributed by atoms with Crippen LogP contribution >= 0.6 is 0 Å².